The maximum atomic E-state index is 13.4. The zero-order valence-electron chi connectivity index (χ0n) is 14.9. The molecule has 0 amide bonds. The second kappa shape index (κ2) is 6.91. The summed E-state index contributed by atoms with van der Waals surface area (Å²) in [5, 5.41) is 0.212. The van der Waals surface area contributed by atoms with Crippen LogP contribution in [-0.2, 0) is 20.3 Å². The third kappa shape index (κ3) is 3.15. The lowest BCUT2D eigenvalue weighted by molar-refractivity contribution is 0.0985. The number of hydrogen-bond acceptors (Lipinski definition) is 5. The maximum absolute atomic E-state index is 13.4. The summed E-state index contributed by atoms with van der Waals surface area (Å²) >= 11 is 6.25. The lowest BCUT2D eigenvalue weighted by atomic mass is 10.2. The number of rotatable bonds is 4. The van der Waals surface area contributed by atoms with Crippen LogP contribution in [0.5, 0.6) is 0 Å². The molecule has 0 N–H and O–H groups in total. The van der Waals surface area contributed by atoms with Crippen molar-refractivity contribution in [2.75, 3.05) is 24.7 Å². The van der Waals surface area contributed by atoms with E-state index >= 15 is 0 Å². The van der Waals surface area contributed by atoms with E-state index in [4.69, 9.17) is 16.3 Å². The predicted octanol–water partition coefficient (Wildman–Crippen LogP) is 3.46. The summed E-state index contributed by atoms with van der Waals surface area (Å²) in [6.45, 7) is 6.20. The molecule has 1 aromatic heterocycles. The van der Waals surface area contributed by atoms with Crippen LogP contribution < -0.4 is 4.90 Å². The van der Waals surface area contributed by atoms with E-state index in [2.05, 4.69) is 21.8 Å². The molecule has 2 atom stereocenters. The van der Waals surface area contributed by atoms with Gasteiger partial charge in [-0.2, -0.15) is 0 Å². The van der Waals surface area contributed by atoms with Gasteiger partial charge >= 0.3 is 0 Å². The fourth-order valence-corrected chi connectivity index (χ4v) is 5.41. The van der Waals surface area contributed by atoms with Crippen molar-refractivity contribution in [1.29, 1.82) is 0 Å². The molecule has 2 aliphatic rings. The van der Waals surface area contributed by atoms with Crippen molar-refractivity contribution in [3.8, 4) is 0 Å². The molecule has 1 saturated heterocycles. The molecule has 2 fully saturated rings. The SMILES string of the molecule is Cc1ccccc1S(=O)C1(c2cc(N3CCOC[C@@H]3C)nc(Cl)n2)CC1. The Morgan fingerprint density at radius 3 is 2.77 bits per heavy atom. The normalized spacial score (nSPS) is 22.9. The molecule has 1 aliphatic heterocycles. The minimum absolute atomic E-state index is 0.212. The summed E-state index contributed by atoms with van der Waals surface area (Å²) in [5.41, 5.74) is 1.83. The minimum atomic E-state index is -1.17. The minimum Gasteiger partial charge on any atom is -0.377 e. The van der Waals surface area contributed by atoms with Crippen molar-refractivity contribution < 1.29 is 8.95 Å². The molecule has 26 heavy (non-hydrogen) atoms. The number of benzene rings is 1. The Labute approximate surface area is 161 Å². The van der Waals surface area contributed by atoms with Crippen molar-refractivity contribution in [3.63, 3.8) is 0 Å². The van der Waals surface area contributed by atoms with Gasteiger partial charge in [-0.05, 0) is 49.9 Å². The molecule has 2 aromatic rings. The summed E-state index contributed by atoms with van der Waals surface area (Å²) in [6, 6.07) is 10.0. The molecule has 1 aromatic carbocycles. The fraction of sp³-hybridized carbons (Fsp3) is 0.474. The Balaban J connectivity index is 1.71. The monoisotopic (exact) mass is 391 g/mol. The molecule has 4 rings (SSSR count). The van der Waals surface area contributed by atoms with E-state index in [9.17, 15) is 4.21 Å². The molecule has 1 unspecified atom stereocenters. The predicted molar refractivity (Wildman–Crippen MR) is 103 cm³/mol. The lowest BCUT2D eigenvalue weighted by Gasteiger charge is -2.34. The van der Waals surface area contributed by atoms with E-state index in [-0.39, 0.29) is 11.3 Å². The molecule has 0 spiro atoms. The first-order valence-corrected chi connectivity index (χ1v) is 10.4. The highest BCUT2D eigenvalue weighted by Crippen LogP contribution is 2.53. The van der Waals surface area contributed by atoms with E-state index in [0.717, 1.165) is 41.4 Å². The quantitative estimate of drug-likeness (QED) is 0.747. The van der Waals surface area contributed by atoms with Crippen molar-refractivity contribution >= 4 is 28.2 Å². The second-order valence-corrected chi connectivity index (χ2v) is 9.12. The average molecular weight is 392 g/mol. The third-order valence-corrected chi connectivity index (χ3v) is 7.52. The van der Waals surface area contributed by atoms with E-state index in [0.29, 0.717) is 13.2 Å². The number of ether oxygens (including phenoxy) is 1. The van der Waals surface area contributed by atoms with Gasteiger partial charge in [-0.25, -0.2) is 9.97 Å². The van der Waals surface area contributed by atoms with Gasteiger partial charge in [-0.15, -0.1) is 0 Å². The zero-order chi connectivity index (χ0) is 18.3. The highest BCUT2D eigenvalue weighted by atomic mass is 35.5. The van der Waals surface area contributed by atoms with Gasteiger partial charge in [-0.1, -0.05) is 18.2 Å². The summed E-state index contributed by atoms with van der Waals surface area (Å²) in [4.78, 5) is 12.0. The molecule has 0 bridgehead atoms. The first-order chi connectivity index (χ1) is 12.5. The van der Waals surface area contributed by atoms with Gasteiger partial charge in [0.2, 0.25) is 5.28 Å². The number of hydrogen-bond donors (Lipinski definition) is 0. The summed E-state index contributed by atoms with van der Waals surface area (Å²) < 4.78 is 18.4. The van der Waals surface area contributed by atoms with Crippen LogP contribution in [0.4, 0.5) is 5.82 Å². The van der Waals surface area contributed by atoms with Crippen LogP contribution in [0.2, 0.25) is 5.28 Å². The van der Waals surface area contributed by atoms with E-state index < -0.39 is 15.5 Å². The number of aryl methyl sites for hydroxylation is 1. The fourth-order valence-electron chi connectivity index (χ4n) is 3.48. The highest BCUT2D eigenvalue weighted by Gasteiger charge is 2.52. The first kappa shape index (κ1) is 17.9. The molecule has 0 radical (unpaired) electrons. The van der Waals surface area contributed by atoms with Gasteiger partial charge in [0, 0.05) is 17.5 Å². The molecule has 2 heterocycles. The molecule has 7 heteroatoms. The van der Waals surface area contributed by atoms with Crippen molar-refractivity contribution in [1.82, 2.24) is 9.97 Å². The number of morpholine rings is 1. The molecule has 1 aliphatic carbocycles. The zero-order valence-corrected chi connectivity index (χ0v) is 16.5. The van der Waals surface area contributed by atoms with Crippen molar-refractivity contribution in [3.05, 3.63) is 46.9 Å². The van der Waals surface area contributed by atoms with Gasteiger partial charge in [0.25, 0.3) is 0 Å². The van der Waals surface area contributed by atoms with Crippen LogP contribution in [0.15, 0.2) is 35.2 Å². The number of anilines is 1. The highest BCUT2D eigenvalue weighted by molar-refractivity contribution is 7.86. The maximum Gasteiger partial charge on any atom is 0.224 e. The molecule has 1 saturated carbocycles. The van der Waals surface area contributed by atoms with Gasteiger partial charge in [-0.3, -0.25) is 4.21 Å². The van der Waals surface area contributed by atoms with Crippen LogP contribution >= 0.6 is 11.6 Å². The molecular formula is C19H22ClN3O2S. The number of nitrogens with zero attached hydrogens (tertiary/aromatic N) is 3. The third-order valence-electron chi connectivity index (χ3n) is 5.17. The van der Waals surface area contributed by atoms with Crippen LogP contribution in [0, 0.1) is 6.92 Å². The standard InChI is InChI=1S/C19H22ClN3O2S/c1-13-5-3-4-6-15(13)26(24)19(7-8-19)16-11-17(22-18(20)21-16)23-9-10-25-12-14(23)2/h3-6,11,14H,7-10,12H2,1-2H3/t14-,26?/m0/s1. The molecular weight excluding hydrogens is 370 g/mol. The topological polar surface area (TPSA) is 55.3 Å². The van der Waals surface area contributed by atoms with E-state index in [1.54, 1.807) is 0 Å². The summed E-state index contributed by atoms with van der Waals surface area (Å²) in [7, 11) is -1.17. The Morgan fingerprint density at radius 1 is 1.31 bits per heavy atom. The van der Waals surface area contributed by atoms with Crippen LogP contribution in [0.1, 0.15) is 31.0 Å². The summed E-state index contributed by atoms with van der Waals surface area (Å²) in [5.74, 6) is 0.795. The van der Waals surface area contributed by atoms with Gasteiger partial charge in [0.15, 0.2) is 0 Å². The van der Waals surface area contributed by atoms with Crippen LogP contribution in [-0.4, -0.2) is 40.0 Å². The Bertz CT molecular complexity index is 856. The number of aromatic nitrogens is 2. The van der Waals surface area contributed by atoms with E-state index in [1.165, 1.54) is 0 Å². The molecule has 138 valence electrons. The van der Waals surface area contributed by atoms with Crippen LogP contribution in [0.3, 0.4) is 0 Å². The Kier molecular flexibility index (Phi) is 4.75. The van der Waals surface area contributed by atoms with E-state index in [1.807, 2.05) is 37.3 Å². The Hall–Kier alpha value is -1.50. The molecule has 5 nitrogen and oxygen atoms in total. The average Bonchev–Trinajstić information content (AvgIpc) is 3.43. The smallest absolute Gasteiger partial charge is 0.224 e. The summed E-state index contributed by atoms with van der Waals surface area (Å²) in [6.07, 6.45) is 1.69. The van der Waals surface area contributed by atoms with Crippen molar-refractivity contribution in [2.45, 2.75) is 42.4 Å². The second-order valence-electron chi connectivity index (χ2n) is 7.03. The number of halogens is 1. The largest absolute Gasteiger partial charge is 0.377 e. The van der Waals surface area contributed by atoms with Crippen LogP contribution in [0.25, 0.3) is 0 Å². The first-order valence-electron chi connectivity index (χ1n) is 8.88. The lowest BCUT2D eigenvalue weighted by Crippen LogP contribution is -2.44. The van der Waals surface area contributed by atoms with Gasteiger partial charge < -0.3 is 9.64 Å². The van der Waals surface area contributed by atoms with Crippen molar-refractivity contribution in [2.24, 2.45) is 0 Å². The van der Waals surface area contributed by atoms with Gasteiger partial charge in [0.05, 0.1) is 40.5 Å². The van der Waals surface area contributed by atoms with Gasteiger partial charge in [0.1, 0.15) is 5.82 Å². The Morgan fingerprint density at radius 2 is 2.08 bits per heavy atom.